The maximum atomic E-state index is 13.1. The number of allylic oxidation sites excluding steroid dienone is 9. The number of carbonyl (C=O) groups excluding carboxylic acids is 1. The van der Waals surface area contributed by atoms with Crippen LogP contribution in [0.25, 0.3) is 0 Å². The molecule has 0 radical (unpaired) electrons. The molecule has 0 saturated carbocycles. The molecule has 9 heteroatoms. The van der Waals surface area contributed by atoms with Gasteiger partial charge in [-0.1, -0.05) is 351 Å². The summed E-state index contributed by atoms with van der Waals surface area (Å²) in [6.07, 6.45) is 89.2. The highest BCUT2D eigenvalue weighted by Crippen LogP contribution is 2.38. The number of nitrogens with one attached hydrogen (secondary N) is 1. The van der Waals surface area contributed by atoms with Crippen LogP contribution in [-0.4, -0.2) is 68.5 Å². The van der Waals surface area contributed by atoms with Crippen molar-refractivity contribution < 1.29 is 32.9 Å². The van der Waals surface area contributed by atoms with Gasteiger partial charge in [-0.15, -0.1) is 0 Å². The van der Waals surface area contributed by atoms with Crippen molar-refractivity contribution in [3.8, 4) is 0 Å². The molecule has 0 aromatic heterocycles. The minimum Gasteiger partial charge on any atom is -0.756 e. The van der Waals surface area contributed by atoms with E-state index in [1.165, 1.54) is 270 Å². The van der Waals surface area contributed by atoms with Gasteiger partial charge in [-0.3, -0.25) is 9.36 Å². The first-order valence-electron chi connectivity index (χ1n) is 36.2. The molecule has 3 unspecified atom stereocenters. The first-order valence-corrected chi connectivity index (χ1v) is 37.6. The second-order valence-corrected chi connectivity index (χ2v) is 27.3. The fourth-order valence-electron chi connectivity index (χ4n) is 10.9. The smallest absolute Gasteiger partial charge is 0.268 e. The Morgan fingerprint density at radius 3 is 1.07 bits per heavy atom. The van der Waals surface area contributed by atoms with E-state index in [-0.39, 0.29) is 19.1 Å². The third-order valence-electron chi connectivity index (χ3n) is 16.5. The number of likely N-dealkylation sites (N-methyl/N-ethyl adjacent to an activating group) is 1. The molecule has 83 heavy (non-hydrogen) atoms. The summed E-state index contributed by atoms with van der Waals surface area (Å²) in [7, 11) is 1.27. The highest BCUT2D eigenvalue weighted by atomic mass is 31.2. The number of aliphatic hydroxyl groups excluding tert-OH is 1. The third-order valence-corrected chi connectivity index (χ3v) is 17.4. The Kier molecular flexibility index (Phi) is 63.3. The molecule has 0 spiro atoms. The van der Waals surface area contributed by atoms with E-state index in [2.05, 4.69) is 67.8 Å². The predicted octanol–water partition coefficient (Wildman–Crippen LogP) is 22.5. The Hall–Kier alpha value is -1.80. The van der Waals surface area contributed by atoms with E-state index in [1.54, 1.807) is 6.08 Å². The maximum Gasteiger partial charge on any atom is 0.268 e. The lowest BCUT2D eigenvalue weighted by Gasteiger charge is -2.29. The number of unbranched alkanes of at least 4 members (excludes halogenated alkanes) is 46. The van der Waals surface area contributed by atoms with Gasteiger partial charge in [0.2, 0.25) is 5.91 Å². The molecule has 0 aliphatic carbocycles. The topological polar surface area (TPSA) is 108 Å². The number of phosphoric acid groups is 1. The van der Waals surface area contributed by atoms with Crippen molar-refractivity contribution in [3.05, 3.63) is 60.8 Å². The van der Waals surface area contributed by atoms with E-state index in [1.807, 2.05) is 27.2 Å². The minimum atomic E-state index is -4.61. The standard InChI is InChI=1S/C74H141N2O6P/c1-6-8-10-12-14-16-18-20-22-24-26-28-30-32-34-36-38-40-42-44-46-48-50-52-54-56-58-60-62-64-66-68-74(78)75-72(71-82-83(79,80)81-70-69-76(3,4)5)73(77)67-65-63-61-59-57-55-53-51-49-47-45-43-41-39-37-35-33-31-29-27-25-23-21-19-17-15-13-11-9-7-2/h8,10,14,16,20,22,26,28,65,67,72-73,77H,6-7,9,11-13,15,17-19,21,23-25,27,29-64,66,68-71H2,1-5H3,(H-,75,78,79,80)/b10-8-,16-14-,22-20-,28-26-,67-65+. The first-order chi connectivity index (χ1) is 40.5. The Morgan fingerprint density at radius 2 is 0.735 bits per heavy atom. The summed E-state index contributed by atoms with van der Waals surface area (Å²) in [5.41, 5.74) is 0. The minimum absolute atomic E-state index is 0.000463. The second-order valence-electron chi connectivity index (χ2n) is 25.9. The Bertz CT molecular complexity index is 1540. The summed E-state index contributed by atoms with van der Waals surface area (Å²) in [4.78, 5) is 25.7. The second kappa shape index (κ2) is 64.7. The van der Waals surface area contributed by atoms with Crippen molar-refractivity contribution in [2.45, 2.75) is 366 Å². The van der Waals surface area contributed by atoms with E-state index in [0.29, 0.717) is 17.4 Å². The molecule has 488 valence electrons. The van der Waals surface area contributed by atoms with Crippen molar-refractivity contribution in [1.82, 2.24) is 5.32 Å². The van der Waals surface area contributed by atoms with Gasteiger partial charge < -0.3 is 28.8 Å². The van der Waals surface area contributed by atoms with Crippen molar-refractivity contribution in [2.24, 2.45) is 0 Å². The van der Waals surface area contributed by atoms with Gasteiger partial charge in [-0.25, -0.2) is 0 Å². The van der Waals surface area contributed by atoms with Gasteiger partial charge in [-0.05, 0) is 57.8 Å². The lowest BCUT2D eigenvalue weighted by Crippen LogP contribution is -2.45. The molecule has 0 aliphatic rings. The van der Waals surface area contributed by atoms with E-state index in [9.17, 15) is 19.4 Å². The normalized spacial score (nSPS) is 14.0. The summed E-state index contributed by atoms with van der Waals surface area (Å²) in [6.45, 7) is 4.59. The van der Waals surface area contributed by atoms with Gasteiger partial charge in [0.25, 0.3) is 7.82 Å². The monoisotopic (exact) mass is 1190 g/mol. The molecule has 0 rings (SSSR count). The molecule has 3 atom stereocenters. The molecule has 8 nitrogen and oxygen atoms in total. The molecule has 0 bridgehead atoms. The average Bonchev–Trinajstić information content (AvgIpc) is 3.49. The largest absolute Gasteiger partial charge is 0.756 e. The van der Waals surface area contributed by atoms with E-state index in [0.717, 1.165) is 64.2 Å². The fourth-order valence-corrected chi connectivity index (χ4v) is 11.6. The van der Waals surface area contributed by atoms with Crippen LogP contribution in [0.1, 0.15) is 354 Å². The van der Waals surface area contributed by atoms with Gasteiger partial charge in [-0.2, -0.15) is 0 Å². The predicted molar refractivity (Wildman–Crippen MR) is 362 cm³/mol. The quantitative estimate of drug-likeness (QED) is 0.0272. The van der Waals surface area contributed by atoms with Crippen molar-refractivity contribution in [1.29, 1.82) is 0 Å². The third kappa shape index (κ3) is 67.6. The highest BCUT2D eigenvalue weighted by molar-refractivity contribution is 7.45. The molecule has 1 amide bonds. The van der Waals surface area contributed by atoms with Crippen LogP contribution in [0.15, 0.2) is 60.8 Å². The highest BCUT2D eigenvalue weighted by Gasteiger charge is 2.23. The summed E-state index contributed by atoms with van der Waals surface area (Å²) < 4.78 is 23.5. The number of phosphoric ester groups is 1. The molecule has 2 N–H and O–H groups in total. The molecule has 0 aromatic carbocycles. The Balaban J connectivity index is 4.03. The number of nitrogens with zero attached hydrogens (tertiary/aromatic N) is 1. The SMILES string of the molecule is CC/C=C\C/C=C\C/C=C\C/C=C\CCCCCCCCCCCCCCCCCCCCC(=O)NC(COP(=O)([O-])OCC[N+](C)(C)C)C(O)/C=C/CCCCCCCCCCCCCCCCCCCCCCCCCCCCCC. The van der Waals surface area contributed by atoms with Crippen molar-refractivity contribution in [2.75, 3.05) is 40.9 Å². The number of hydrogen-bond acceptors (Lipinski definition) is 6. The lowest BCUT2D eigenvalue weighted by molar-refractivity contribution is -0.870. The van der Waals surface area contributed by atoms with E-state index < -0.39 is 20.0 Å². The van der Waals surface area contributed by atoms with Gasteiger partial charge in [0.05, 0.1) is 39.9 Å². The molecule has 0 aliphatic heterocycles. The van der Waals surface area contributed by atoms with Crippen LogP contribution in [0.5, 0.6) is 0 Å². The summed E-state index contributed by atoms with van der Waals surface area (Å²) in [5.74, 6) is -0.192. The number of hydrogen-bond donors (Lipinski definition) is 2. The van der Waals surface area contributed by atoms with Gasteiger partial charge >= 0.3 is 0 Å². The zero-order chi connectivity index (χ0) is 60.5. The van der Waals surface area contributed by atoms with Crippen LogP contribution in [0.4, 0.5) is 0 Å². The number of rotatable bonds is 67. The van der Waals surface area contributed by atoms with Gasteiger partial charge in [0, 0.05) is 6.42 Å². The van der Waals surface area contributed by atoms with Crippen LogP contribution in [0.3, 0.4) is 0 Å². The first kappa shape index (κ1) is 81.2. The van der Waals surface area contributed by atoms with Crippen LogP contribution < -0.4 is 10.2 Å². The summed E-state index contributed by atoms with van der Waals surface area (Å²) in [5, 5.41) is 14.0. The summed E-state index contributed by atoms with van der Waals surface area (Å²) >= 11 is 0. The van der Waals surface area contributed by atoms with Crippen LogP contribution >= 0.6 is 7.82 Å². The molecular weight excluding hydrogens is 1040 g/mol. The zero-order valence-electron chi connectivity index (χ0n) is 55.9. The van der Waals surface area contributed by atoms with Gasteiger partial charge in [0.15, 0.2) is 0 Å². The van der Waals surface area contributed by atoms with Crippen LogP contribution in [0, 0.1) is 0 Å². The number of amides is 1. The van der Waals surface area contributed by atoms with Crippen LogP contribution in [-0.2, 0) is 18.4 Å². The van der Waals surface area contributed by atoms with Crippen LogP contribution in [0.2, 0.25) is 0 Å². The lowest BCUT2D eigenvalue weighted by atomic mass is 10.0. The number of quaternary nitrogens is 1. The molecule has 0 aromatic rings. The number of carbonyl (C=O) groups is 1. The molecule has 0 saturated heterocycles. The maximum absolute atomic E-state index is 13.1. The Morgan fingerprint density at radius 1 is 0.434 bits per heavy atom. The molecule has 0 fully saturated rings. The molecule has 0 heterocycles. The van der Waals surface area contributed by atoms with Crippen molar-refractivity contribution in [3.63, 3.8) is 0 Å². The van der Waals surface area contributed by atoms with E-state index in [4.69, 9.17) is 9.05 Å². The van der Waals surface area contributed by atoms with E-state index >= 15 is 0 Å². The Labute approximate surface area is 517 Å². The molecular formula is C74H141N2O6P. The summed E-state index contributed by atoms with van der Waals surface area (Å²) in [6, 6.07) is -0.889. The van der Waals surface area contributed by atoms with Gasteiger partial charge in [0.1, 0.15) is 13.2 Å². The van der Waals surface area contributed by atoms with Crippen molar-refractivity contribution >= 4 is 13.7 Å². The fraction of sp³-hybridized carbons (Fsp3) is 0.851. The number of aliphatic hydroxyl groups is 1. The zero-order valence-corrected chi connectivity index (χ0v) is 56.8. The average molecular weight is 1190 g/mol.